The maximum atomic E-state index is 11.2. The summed E-state index contributed by atoms with van der Waals surface area (Å²) >= 11 is 5.69. The lowest BCUT2D eigenvalue weighted by Crippen LogP contribution is -2.22. The van der Waals surface area contributed by atoms with E-state index < -0.39 is 10.0 Å². The summed E-state index contributed by atoms with van der Waals surface area (Å²) in [4.78, 5) is 2.33. The monoisotopic (exact) mass is 260 g/mol. The van der Waals surface area contributed by atoms with Crippen molar-refractivity contribution in [2.24, 2.45) is 5.14 Å². The maximum absolute atomic E-state index is 11.2. The molecular weight excluding hydrogens is 248 g/mol. The van der Waals surface area contributed by atoms with Crippen molar-refractivity contribution >= 4 is 27.3 Å². The number of halogens is 1. The minimum Gasteiger partial charge on any atom is -0.370 e. The van der Waals surface area contributed by atoms with Crippen LogP contribution in [-0.4, -0.2) is 27.4 Å². The molecule has 0 atom stereocenters. The van der Waals surface area contributed by atoms with Gasteiger partial charge < -0.3 is 4.90 Å². The SMILES string of the molecule is NS(=O)(=O)c1ccc2c(c1)CCN2CCCl. The van der Waals surface area contributed by atoms with Gasteiger partial charge in [0.1, 0.15) is 0 Å². The van der Waals surface area contributed by atoms with Crippen LogP contribution >= 0.6 is 11.6 Å². The van der Waals surface area contributed by atoms with E-state index >= 15 is 0 Å². The third-order valence-electron chi connectivity index (χ3n) is 2.73. The molecule has 2 rings (SSSR count). The van der Waals surface area contributed by atoms with Crippen molar-refractivity contribution in [2.45, 2.75) is 11.3 Å². The van der Waals surface area contributed by atoms with Crippen molar-refractivity contribution in [3.05, 3.63) is 23.8 Å². The van der Waals surface area contributed by atoms with Crippen molar-refractivity contribution in [1.29, 1.82) is 0 Å². The number of nitrogens with zero attached hydrogens (tertiary/aromatic N) is 1. The van der Waals surface area contributed by atoms with Crippen molar-refractivity contribution < 1.29 is 8.42 Å². The number of sulfonamides is 1. The summed E-state index contributed by atoms with van der Waals surface area (Å²) in [6.45, 7) is 1.67. The molecule has 0 fully saturated rings. The zero-order valence-electron chi connectivity index (χ0n) is 8.69. The Balaban J connectivity index is 2.37. The Kier molecular flexibility index (Phi) is 3.10. The number of rotatable bonds is 3. The fourth-order valence-electron chi connectivity index (χ4n) is 1.96. The summed E-state index contributed by atoms with van der Waals surface area (Å²) in [5.74, 6) is 0.566. The zero-order valence-corrected chi connectivity index (χ0v) is 10.3. The topological polar surface area (TPSA) is 63.4 Å². The van der Waals surface area contributed by atoms with Crippen LogP contribution in [0.3, 0.4) is 0 Å². The highest BCUT2D eigenvalue weighted by Crippen LogP contribution is 2.29. The van der Waals surface area contributed by atoms with Gasteiger partial charge in [-0.05, 0) is 30.2 Å². The number of hydrogen-bond donors (Lipinski definition) is 1. The Morgan fingerprint density at radius 3 is 2.81 bits per heavy atom. The smallest absolute Gasteiger partial charge is 0.238 e. The number of fused-ring (bicyclic) bond motifs is 1. The molecule has 1 aromatic rings. The Morgan fingerprint density at radius 2 is 2.19 bits per heavy atom. The molecule has 16 heavy (non-hydrogen) atoms. The molecule has 0 saturated carbocycles. The van der Waals surface area contributed by atoms with Gasteiger partial charge >= 0.3 is 0 Å². The first-order valence-corrected chi connectivity index (χ1v) is 7.07. The molecule has 0 amide bonds. The second-order valence-corrected chi connectivity index (χ2v) is 5.70. The van der Waals surface area contributed by atoms with Gasteiger partial charge in [-0.15, -0.1) is 11.6 Å². The quantitative estimate of drug-likeness (QED) is 0.823. The molecule has 0 bridgehead atoms. The van der Waals surface area contributed by atoms with Crippen molar-refractivity contribution in [1.82, 2.24) is 0 Å². The standard InChI is InChI=1S/C10H13ClN2O2S/c11-4-6-13-5-3-8-7-9(16(12,14)15)1-2-10(8)13/h1-2,7H,3-6H2,(H2,12,14,15). The van der Waals surface area contributed by atoms with E-state index in [1.54, 1.807) is 18.2 Å². The molecule has 6 heteroatoms. The fourth-order valence-corrected chi connectivity index (χ4v) is 2.73. The molecule has 0 unspecified atom stereocenters. The predicted octanol–water partition coefficient (Wildman–Crippen LogP) is 0.935. The normalized spacial score (nSPS) is 15.2. The third-order valence-corrected chi connectivity index (χ3v) is 3.81. The van der Waals surface area contributed by atoms with Crippen LogP contribution in [0.1, 0.15) is 5.56 Å². The van der Waals surface area contributed by atoms with E-state index in [1.165, 1.54) is 0 Å². The summed E-state index contributed by atoms with van der Waals surface area (Å²) in [6.07, 6.45) is 0.843. The Hall–Kier alpha value is -0.780. The Bertz CT molecular complexity index is 502. The van der Waals surface area contributed by atoms with Crippen LogP contribution in [0.4, 0.5) is 5.69 Å². The highest BCUT2D eigenvalue weighted by atomic mass is 35.5. The molecule has 4 nitrogen and oxygen atoms in total. The van der Waals surface area contributed by atoms with Crippen molar-refractivity contribution in [3.8, 4) is 0 Å². The van der Waals surface area contributed by atoms with Crippen LogP contribution in [0.25, 0.3) is 0 Å². The molecule has 0 aliphatic carbocycles. The van der Waals surface area contributed by atoms with E-state index in [9.17, 15) is 8.42 Å². The van der Waals surface area contributed by atoms with E-state index in [0.717, 1.165) is 30.8 Å². The van der Waals surface area contributed by atoms with Crippen LogP contribution in [0.5, 0.6) is 0 Å². The van der Waals surface area contributed by atoms with Crippen LogP contribution in [0.2, 0.25) is 0 Å². The third kappa shape index (κ3) is 2.16. The molecule has 0 saturated heterocycles. The first kappa shape index (κ1) is 11.7. The number of benzene rings is 1. The summed E-state index contributed by atoms with van der Waals surface area (Å²) in [5.41, 5.74) is 2.09. The van der Waals surface area contributed by atoms with Gasteiger partial charge in [-0.25, -0.2) is 13.6 Å². The average Bonchev–Trinajstić information content (AvgIpc) is 2.60. The summed E-state index contributed by atoms with van der Waals surface area (Å²) < 4.78 is 22.4. The van der Waals surface area contributed by atoms with Gasteiger partial charge in [0.2, 0.25) is 10.0 Å². The van der Waals surface area contributed by atoms with Crippen molar-refractivity contribution in [3.63, 3.8) is 0 Å². The molecule has 88 valence electrons. The van der Waals surface area contributed by atoms with Gasteiger partial charge in [-0.1, -0.05) is 0 Å². The van der Waals surface area contributed by atoms with Gasteiger partial charge in [0, 0.05) is 24.7 Å². The number of alkyl halides is 1. The number of anilines is 1. The van der Waals surface area contributed by atoms with Gasteiger partial charge in [0.25, 0.3) is 0 Å². The molecule has 0 aromatic heterocycles. The van der Waals surface area contributed by atoms with E-state index in [2.05, 4.69) is 4.90 Å². The first-order valence-electron chi connectivity index (χ1n) is 4.99. The lowest BCUT2D eigenvalue weighted by Gasteiger charge is -2.17. The first-order chi connectivity index (χ1) is 7.52. The van der Waals surface area contributed by atoms with E-state index in [1.807, 2.05) is 0 Å². The molecule has 1 heterocycles. The zero-order chi connectivity index (χ0) is 11.8. The van der Waals surface area contributed by atoms with Gasteiger partial charge in [-0.3, -0.25) is 0 Å². The van der Waals surface area contributed by atoms with Crippen LogP contribution in [0.15, 0.2) is 23.1 Å². The maximum Gasteiger partial charge on any atom is 0.238 e. The molecule has 1 aliphatic rings. The van der Waals surface area contributed by atoms with E-state index in [0.29, 0.717) is 5.88 Å². The van der Waals surface area contributed by atoms with Crippen molar-refractivity contribution in [2.75, 3.05) is 23.9 Å². The molecule has 1 aromatic carbocycles. The van der Waals surface area contributed by atoms with E-state index in [-0.39, 0.29) is 4.90 Å². The molecular formula is C10H13ClN2O2S. The fraction of sp³-hybridized carbons (Fsp3) is 0.400. The lowest BCUT2D eigenvalue weighted by atomic mass is 10.2. The Labute approximate surface area is 100 Å². The van der Waals surface area contributed by atoms with Gasteiger partial charge in [0.05, 0.1) is 4.90 Å². The minimum atomic E-state index is -3.60. The van der Waals surface area contributed by atoms with Crippen LogP contribution < -0.4 is 10.0 Å². The number of nitrogens with two attached hydrogens (primary N) is 1. The van der Waals surface area contributed by atoms with Crippen LogP contribution in [0, 0.1) is 0 Å². The highest BCUT2D eigenvalue weighted by molar-refractivity contribution is 7.89. The Morgan fingerprint density at radius 1 is 1.44 bits per heavy atom. The summed E-state index contributed by atoms with van der Waals surface area (Å²) in [5, 5.41) is 5.08. The summed E-state index contributed by atoms with van der Waals surface area (Å²) in [6, 6.07) is 4.99. The number of hydrogen-bond acceptors (Lipinski definition) is 3. The predicted molar refractivity (Wildman–Crippen MR) is 64.5 cm³/mol. The molecule has 0 spiro atoms. The van der Waals surface area contributed by atoms with Gasteiger partial charge in [-0.2, -0.15) is 0 Å². The van der Waals surface area contributed by atoms with Crippen LogP contribution in [-0.2, 0) is 16.4 Å². The highest BCUT2D eigenvalue weighted by Gasteiger charge is 2.20. The second kappa shape index (κ2) is 4.24. The van der Waals surface area contributed by atoms with E-state index in [4.69, 9.17) is 16.7 Å². The lowest BCUT2D eigenvalue weighted by molar-refractivity contribution is 0.597. The molecule has 2 N–H and O–H groups in total. The van der Waals surface area contributed by atoms with Gasteiger partial charge in [0.15, 0.2) is 0 Å². The minimum absolute atomic E-state index is 0.180. The molecule has 1 aliphatic heterocycles. The second-order valence-electron chi connectivity index (χ2n) is 3.76. The average molecular weight is 261 g/mol. The summed E-state index contributed by atoms with van der Waals surface area (Å²) in [7, 11) is -3.60. The molecule has 0 radical (unpaired) electrons. The largest absolute Gasteiger partial charge is 0.370 e. The number of primary sulfonamides is 1.